The summed E-state index contributed by atoms with van der Waals surface area (Å²) in [6.45, 7) is 2.07. The lowest BCUT2D eigenvalue weighted by molar-refractivity contribution is 0.686. The maximum Gasteiger partial charge on any atom is 0.152 e. The first-order chi connectivity index (χ1) is 20.7. The minimum Gasteiger partial charge on any atom is -0.250 e. The molecule has 0 aliphatic heterocycles. The van der Waals surface area contributed by atoms with Crippen LogP contribution in [0.1, 0.15) is 5.56 Å². The fraction of sp³-hybridized carbons (Fsp3) is 0.0526. The lowest BCUT2D eigenvalue weighted by Crippen LogP contribution is -2.42. The fourth-order valence-electron chi connectivity index (χ4n) is 5.51. The average Bonchev–Trinajstić information content (AvgIpc) is 3.06. The summed E-state index contributed by atoms with van der Waals surface area (Å²) < 4.78 is 14.5. The van der Waals surface area contributed by atoms with Gasteiger partial charge in [-0.05, 0) is 74.0 Å². The van der Waals surface area contributed by atoms with E-state index in [0.717, 1.165) is 4.90 Å². The van der Waals surface area contributed by atoms with Crippen molar-refractivity contribution in [2.45, 2.75) is 11.8 Å². The van der Waals surface area contributed by atoms with E-state index in [-0.39, 0.29) is 0 Å². The Labute approximate surface area is 253 Å². The fourth-order valence-corrected chi connectivity index (χ4v) is 15.9. The molecule has 0 bridgehead atoms. The monoisotopic (exact) mass is 599 g/mol. The largest absolute Gasteiger partial charge is 0.250 e. The number of aryl methyl sites for hydroxylation is 1. The van der Waals surface area contributed by atoms with Gasteiger partial charge in [0.15, 0.2) is 5.49 Å². The van der Waals surface area contributed by atoms with E-state index in [2.05, 4.69) is 165 Å². The second-order valence-electron chi connectivity index (χ2n) is 10.3. The highest BCUT2D eigenvalue weighted by atomic mass is 32.2. The minimum atomic E-state index is -2.40. The molecule has 0 aliphatic rings. The molecule has 6 aromatic carbocycles. The molecule has 1 atom stereocenters. The number of hydrogen-bond acceptors (Lipinski definition) is 1. The van der Waals surface area contributed by atoms with E-state index < -0.39 is 26.0 Å². The second kappa shape index (κ2) is 13.1. The molecular weight excluding hydrogens is 566 g/mol. The normalized spacial score (nSPS) is 12.2. The van der Waals surface area contributed by atoms with Crippen LogP contribution in [0.5, 0.6) is 0 Å². The van der Waals surface area contributed by atoms with Crippen LogP contribution >= 0.6 is 15.2 Å². The lowest BCUT2D eigenvalue weighted by Gasteiger charge is -2.31. The molecule has 4 heteroatoms. The Morgan fingerprint density at radius 1 is 0.524 bits per heavy atom. The van der Waals surface area contributed by atoms with E-state index in [1.165, 1.54) is 37.4 Å². The molecule has 0 heterocycles. The number of rotatable bonds is 9. The maximum atomic E-state index is 14.5. The Balaban J connectivity index is 1.65. The molecule has 0 aliphatic carbocycles. The van der Waals surface area contributed by atoms with Gasteiger partial charge >= 0.3 is 0 Å². The summed E-state index contributed by atoms with van der Waals surface area (Å²) in [6, 6.07) is 60.6. The molecule has 0 saturated heterocycles. The second-order valence-corrected chi connectivity index (χ2v) is 17.8. The van der Waals surface area contributed by atoms with Gasteiger partial charge < -0.3 is 0 Å². The van der Waals surface area contributed by atoms with Crippen molar-refractivity contribution in [1.82, 2.24) is 0 Å². The lowest BCUT2D eigenvalue weighted by atomic mass is 10.2. The highest BCUT2D eigenvalue weighted by Crippen LogP contribution is 2.57. The first-order valence-electron chi connectivity index (χ1n) is 14.1. The molecule has 6 rings (SSSR count). The van der Waals surface area contributed by atoms with Gasteiger partial charge in [0.1, 0.15) is 23.2 Å². The summed E-state index contributed by atoms with van der Waals surface area (Å²) >= 11 is 0. The highest BCUT2D eigenvalue weighted by molar-refractivity contribution is 8.07. The third kappa shape index (κ3) is 5.81. The molecule has 0 aromatic heterocycles. The van der Waals surface area contributed by atoms with Gasteiger partial charge in [0.25, 0.3) is 0 Å². The SMILES string of the molecule is Cc1ccc([S@@](=O)C[P+](c2ccccc2)(c2ccccc2)c2ccccc2P(c2ccccc2)c2ccccc2)cc1. The van der Waals surface area contributed by atoms with E-state index in [1.54, 1.807) is 0 Å². The number of hydrogen-bond donors (Lipinski definition) is 0. The zero-order chi connectivity index (χ0) is 28.8. The van der Waals surface area contributed by atoms with Crippen molar-refractivity contribution in [3.8, 4) is 0 Å². The zero-order valence-electron chi connectivity index (χ0n) is 23.6. The highest BCUT2D eigenvalue weighted by Gasteiger charge is 2.49. The third-order valence-corrected chi connectivity index (χ3v) is 17.1. The van der Waals surface area contributed by atoms with Crippen LogP contribution in [0.3, 0.4) is 0 Å². The van der Waals surface area contributed by atoms with Crippen LogP contribution in [0.4, 0.5) is 0 Å². The van der Waals surface area contributed by atoms with Crippen molar-refractivity contribution >= 4 is 57.8 Å². The molecule has 42 heavy (non-hydrogen) atoms. The summed E-state index contributed by atoms with van der Waals surface area (Å²) in [5.74, 6) is 0. The van der Waals surface area contributed by atoms with Gasteiger partial charge in [-0.15, -0.1) is 0 Å². The van der Waals surface area contributed by atoms with Crippen LogP contribution in [0, 0.1) is 6.92 Å². The van der Waals surface area contributed by atoms with E-state index in [9.17, 15) is 4.21 Å². The van der Waals surface area contributed by atoms with Gasteiger partial charge in [0, 0.05) is 10.2 Å². The molecule has 0 spiro atoms. The van der Waals surface area contributed by atoms with Gasteiger partial charge in [-0.25, -0.2) is 0 Å². The van der Waals surface area contributed by atoms with Crippen molar-refractivity contribution in [3.63, 3.8) is 0 Å². The van der Waals surface area contributed by atoms with Crippen LogP contribution in [-0.4, -0.2) is 9.70 Å². The zero-order valence-corrected chi connectivity index (χ0v) is 26.2. The summed E-state index contributed by atoms with van der Waals surface area (Å²) in [5.41, 5.74) is 1.71. The average molecular weight is 600 g/mol. The molecule has 0 radical (unpaired) electrons. The maximum absolute atomic E-state index is 14.5. The molecule has 0 N–H and O–H groups in total. The molecule has 6 aromatic rings. The van der Waals surface area contributed by atoms with Gasteiger partial charge in [-0.2, -0.15) is 0 Å². The minimum absolute atomic E-state index is 0.536. The van der Waals surface area contributed by atoms with Gasteiger partial charge in [-0.3, -0.25) is 4.21 Å². The predicted molar refractivity (Wildman–Crippen MR) is 186 cm³/mol. The molecule has 1 nitrogen and oxygen atoms in total. The summed E-state index contributed by atoms with van der Waals surface area (Å²) in [4.78, 5) is 0.878. The Bertz CT molecular complexity index is 1680. The Hall–Kier alpha value is -3.67. The third-order valence-electron chi connectivity index (χ3n) is 7.55. The van der Waals surface area contributed by atoms with E-state index in [0.29, 0.717) is 5.49 Å². The van der Waals surface area contributed by atoms with Crippen molar-refractivity contribution in [3.05, 3.63) is 175 Å². The topological polar surface area (TPSA) is 17.1 Å². The van der Waals surface area contributed by atoms with Crippen molar-refractivity contribution in [2.75, 3.05) is 5.49 Å². The van der Waals surface area contributed by atoms with Crippen molar-refractivity contribution < 1.29 is 4.21 Å². The Morgan fingerprint density at radius 2 is 0.952 bits per heavy atom. The molecule has 0 amide bonds. The summed E-state index contributed by atoms with van der Waals surface area (Å²) in [6.07, 6.45) is 0. The van der Waals surface area contributed by atoms with Crippen LogP contribution in [-0.2, 0) is 10.8 Å². The molecule has 0 fully saturated rings. The van der Waals surface area contributed by atoms with Crippen molar-refractivity contribution in [1.29, 1.82) is 0 Å². The van der Waals surface area contributed by atoms with E-state index in [1.807, 2.05) is 12.1 Å². The molecular formula is C38H33OP2S+. The first kappa shape index (κ1) is 28.4. The van der Waals surface area contributed by atoms with Crippen LogP contribution in [0.15, 0.2) is 175 Å². The first-order valence-corrected chi connectivity index (χ1v) is 18.7. The van der Waals surface area contributed by atoms with Crippen LogP contribution in [0.2, 0.25) is 0 Å². The van der Waals surface area contributed by atoms with Gasteiger partial charge in [0.2, 0.25) is 0 Å². The van der Waals surface area contributed by atoms with Crippen LogP contribution in [0.25, 0.3) is 0 Å². The smallest absolute Gasteiger partial charge is 0.152 e. The molecule has 206 valence electrons. The predicted octanol–water partition coefficient (Wildman–Crippen LogP) is 6.81. The van der Waals surface area contributed by atoms with Gasteiger partial charge in [0.05, 0.1) is 10.8 Å². The standard InChI is InChI=1S/C38H33OP2S/c1-31-26-28-36(29-27-31)42(39)30-41(34-20-10-4-11-21-34,35-22-12-5-13-23-35)38-25-15-14-24-37(38)40(32-16-6-2-7-17-32)33-18-8-3-9-19-33/h2-29H,30H2,1H3/q+1/t42-/m0/s1. The number of benzene rings is 6. The Morgan fingerprint density at radius 3 is 1.45 bits per heavy atom. The van der Waals surface area contributed by atoms with Crippen LogP contribution < -0.4 is 31.8 Å². The quantitative estimate of drug-likeness (QED) is 0.167. The summed E-state index contributed by atoms with van der Waals surface area (Å²) in [7, 11) is -4.49. The van der Waals surface area contributed by atoms with E-state index in [4.69, 9.17) is 0 Å². The van der Waals surface area contributed by atoms with Gasteiger partial charge in [-0.1, -0.05) is 127 Å². The van der Waals surface area contributed by atoms with E-state index >= 15 is 0 Å². The molecule has 0 saturated carbocycles. The molecule has 0 unspecified atom stereocenters. The Kier molecular flexibility index (Phi) is 8.87. The summed E-state index contributed by atoms with van der Waals surface area (Å²) in [5, 5.41) is 7.75. The van der Waals surface area contributed by atoms with Crippen molar-refractivity contribution in [2.24, 2.45) is 0 Å².